The van der Waals surface area contributed by atoms with Crippen LogP contribution in [0.1, 0.15) is 0 Å². The molecule has 0 fully saturated rings. The SMILES string of the molecule is c1ccc(-c2nc(-c3cccc4c3sc3ccccc34)nc(-c3ccc(-c4ccccc4)c4oc5cc6ccncc6cc5c34)n2)cc1. The Morgan fingerprint density at radius 3 is 2.06 bits per heavy atom. The molecule has 6 aromatic carbocycles. The summed E-state index contributed by atoms with van der Waals surface area (Å²) < 4.78 is 9.14. The van der Waals surface area contributed by atoms with E-state index >= 15 is 0 Å². The molecule has 10 rings (SSSR count). The molecule has 4 aromatic heterocycles. The van der Waals surface area contributed by atoms with Crippen LogP contribution < -0.4 is 0 Å². The number of rotatable bonds is 4. The number of fused-ring (bicyclic) bond motifs is 7. The van der Waals surface area contributed by atoms with Crippen molar-refractivity contribution in [3.05, 3.63) is 146 Å². The highest BCUT2D eigenvalue weighted by Gasteiger charge is 2.22. The summed E-state index contributed by atoms with van der Waals surface area (Å²) >= 11 is 1.77. The summed E-state index contributed by atoms with van der Waals surface area (Å²) in [4.78, 5) is 19.9. The molecule has 4 heterocycles. The van der Waals surface area contributed by atoms with Crippen LogP contribution in [0.25, 0.3) is 98.2 Å². The third kappa shape index (κ3) is 4.24. The second kappa shape index (κ2) is 10.7. The van der Waals surface area contributed by atoms with Crippen LogP contribution in [-0.4, -0.2) is 19.9 Å². The number of benzene rings is 6. The maximum Gasteiger partial charge on any atom is 0.165 e. The van der Waals surface area contributed by atoms with Gasteiger partial charge in [0.15, 0.2) is 17.5 Å². The fourth-order valence-corrected chi connectivity index (χ4v) is 7.96. The van der Waals surface area contributed by atoms with Crippen LogP contribution in [0.15, 0.2) is 150 Å². The van der Waals surface area contributed by atoms with Gasteiger partial charge in [-0.3, -0.25) is 4.98 Å². The smallest absolute Gasteiger partial charge is 0.165 e. The van der Waals surface area contributed by atoms with E-state index in [9.17, 15) is 0 Å². The van der Waals surface area contributed by atoms with Gasteiger partial charge in [0.1, 0.15) is 11.2 Å². The van der Waals surface area contributed by atoms with Crippen molar-refractivity contribution in [3.8, 4) is 45.3 Å². The first kappa shape index (κ1) is 26.9. The van der Waals surface area contributed by atoms with Gasteiger partial charge in [0, 0.05) is 71.0 Å². The van der Waals surface area contributed by atoms with E-state index in [-0.39, 0.29) is 0 Å². The van der Waals surface area contributed by atoms with E-state index < -0.39 is 0 Å². The second-order valence-corrected chi connectivity index (χ2v) is 12.9. The van der Waals surface area contributed by atoms with Crippen LogP contribution in [-0.2, 0) is 0 Å². The molecule has 0 amide bonds. The highest BCUT2D eigenvalue weighted by molar-refractivity contribution is 7.26. The van der Waals surface area contributed by atoms with E-state index in [4.69, 9.17) is 19.4 Å². The lowest BCUT2D eigenvalue weighted by atomic mass is 9.97. The average Bonchev–Trinajstić information content (AvgIpc) is 3.72. The molecule has 0 N–H and O–H groups in total. The number of pyridine rings is 1. The molecule has 224 valence electrons. The van der Waals surface area contributed by atoms with Crippen molar-refractivity contribution in [2.24, 2.45) is 0 Å². The number of hydrogen-bond acceptors (Lipinski definition) is 6. The highest BCUT2D eigenvalue weighted by Crippen LogP contribution is 2.44. The third-order valence-electron chi connectivity index (χ3n) is 9.02. The molecule has 0 saturated heterocycles. The second-order valence-electron chi connectivity index (χ2n) is 11.9. The van der Waals surface area contributed by atoms with Gasteiger partial charge in [-0.15, -0.1) is 11.3 Å². The molecule has 0 atom stereocenters. The Labute approximate surface area is 278 Å². The molecular weight excluding hydrogens is 609 g/mol. The monoisotopic (exact) mass is 632 g/mol. The number of furan rings is 1. The van der Waals surface area contributed by atoms with Crippen LogP contribution in [0, 0.1) is 0 Å². The summed E-state index contributed by atoms with van der Waals surface area (Å²) in [7, 11) is 0. The summed E-state index contributed by atoms with van der Waals surface area (Å²) in [6.45, 7) is 0. The minimum Gasteiger partial charge on any atom is -0.455 e. The summed E-state index contributed by atoms with van der Waals surface area (Å²) in [5.74, 6) is 1.85. The molecule has 0 radical (unpaired) electrons. The molecule has 0 aliphatic rings. The highest BCUT2D eigenvalue weighted by atomic mass is 32.1. The molecule has 0 saturated carbocycles. The van der Waals surface area contributed by atoms with Gasteiger partial charge < -0.3 is 4.42 Å². The maximum absolute atomic E-state index is 6.74. The van der Waals surface area contributed by atoms with Gasteiger partial charge in [-0.1, -0.05) is 91.0 Å². The van der Waals surface area contributed by atoms with E-state index in [0.717, 1.165) is 65.2 Å². The van der Waals surface area contributed by atoms with Crippen LogP contribution in [0.4, 0.5) is 0 Å². The van der Waals surface area contributed by atoms with Gasteiger partial charge in [-0.2, -0.15) is 0 Å². The molecule has 0 aliphatic carbocycles. The zero-order valence-electron chi connectivity index (χ0n) is 25.5. The lowest BCUT2D eigenvalue weighted by molar-refractivity contribution is 0.670. The molecule has 0 aliphatic heterocycles. The standard InChI is InChI=1S/C42H24N4OS/c1-3-10-25(11-4-1)29-18-19-32(37-34-22-28-24-43-21-20-27(28)23-35(34)47-38(29)37)41-44-40(26-12-5-2-6-13-26)45-42(46-41)33-16-9-15-31-30-14-7-8-17-36(30)48-39(31)33/h1-24H. The molecular formula is C42H24N4OS. The Kier molecular flexibility index (Phi) is 5.98. The number of nitrogens with zero attached hydrogens (tertiary/aromatic N) is 4. The maximum atomic E-state index is 6.74. The number of hydrogen-bond donors (Lipinski definition) is 0. The van der Waals surface area contributed by atoms with Crippen molar-refractivity contribution < 1.29 is 4.42 Å². The Morgan fingerprint density at radius 1 is 0.500 bits per heavy atom. The normalized spacial score (nSPS) is 11.8. The third-order valence-corrected chi connectivity index (χ3v) is 10.2. The van der Waals surface area contributed by atoms with Crippen LogP contribution in [0.2, 0.25) is 0 Å². The Balaban J connectivity index is 1.29. The molecule has 0 spiro atoms. The predicted octanol–water partition coefficient (Wildman–Crippen LogP) is 11.4. The first-order valence-electron chi connectivity index (χ1n) is 15.8. The molecule has 0 bridgehead atoms. The largest absolute Gasteiger partial charge is 0.455 e. The van der Waals surface area contributed by atoms with Crippen molar-refractivity contribution in [3.63, 3.8) is 0 Å². The van der Waals surface area contributed by atoms with E-state index in [1.807, 2.05) is 54.9 Å². The summed E-state index contributed by atoms with van der Waals surface area (Å²) in [5.41, 5.74) is 6.50. The van der Waals surface area contributed by atoms with E-state index in [1.54, 1.807) is 11.3 Å². The Bertz CT molecular complexity index is 2840. The van der Waals surface area contributed by atoms with E-state index in [2.05, 4.69) is 96.0 Å². The minimum atomic E-state index is 0.593. The summed E-state index contributed by atoms with van der Waals surface area (Å²) in [6, 6.07) is 45.9. The lowest BCUT2D eigenvalue weighted by Crippen LogP contribution is -2.00. The van der Waals surface area contributed by atoms with E-state index in [0.29, 0.717) is 17.5 Å². The Hall–Kier alpha value is -6.24. The van der Waals surface area contributed by atoms with Crippen molar-refractivity contribution in [2.75, 3.05) is 0 Å². The van der Waals surface area contributed by atoms with Gasteiger partial charge in [0.25, 0.3) is 0 Å². The van der Waals surface area contributed by atoms with Crippen molar-refractivity contribution >= 4 is 64.2 Å². The van der Waals surface area contributed by atoms with Gasteiger partial charge in [0.2, 0.25) is 0 Å². The molecule has 5 nitrogen and oxygen atoms in total. The number of aromatic nitrogens is 4. The lowest BCUT2D eigenvalue weighted by Gasteiger charge is -2.11. The predicted molar refractivity (Wildman–Crippen MR) is 197 cm³/mol. The summed E-state index contributed by atoms with van der Waals surface area (Å²) in [6.07, 6.45) is 3.71. The van der Waals surface area contributed by atoms with Crippen LogP contribution >= 0.6 is 11.3 Å². The van der Waals surface area contributed by atoms with Crippen LogP contribution in [0.3, 0.4) is 0 Å². The van der Waals surface area contributed by atoms with Gasteiger partial charge >= 0.3 is 0 Å². The van der Waals surface area contributed by atoms with Crippen molar-refractivity contribution in [2.45, 2.75) is 0 Å². The fraction of sp³-hybridized carbons (Fsp3) is 0. The Morgan fingerprint density at radius 2 is 1.21 bits per heavy atom. The van der Waals surface area contributed by atoms with Crippen molar-refractivity contribution in [1.82, 2.24) is 19.9 Å². The summed E-state index contributed by atoms with van der Waals surface area (Å²) in [5, 5.41) is 6.52. The average molecular weight is 633 g/mol. The van der Waals surface area contributed by atoms with Crippen LogP contribution in [0.5, 0.6) is 0 Å². The minimum absolute atomic E-state index is 0.593. The zero-order valence-corrected chi connectivity index (χ0v) is 26.3. The molecule has 0 unspecified atom stereocenters. The molecule has 48 heavy (non-hydrogen) atoms. The first-order chi connectivity index (χ1) is 23.8. The first-order valence-corrected chi connectivity index (χ1v) is 16.6. The van der Waals surface area contributed by atoms with Gasteiger partial charge in [-0.25, -0.2) is 15.0 Å². The quantitative estimate of drug-likeness (QED) is 0.193. The molecule has 6 heteroatoms. The van der Waals surface area contributed by atoms with Gasteiger partial charge in [0.05, 0.1) is 0 Å². The van der Waals surface area contributed by atoms with Gasteiger partial charge in [-0.05, 0) is 53.4 Å². The topological polar surface area (TPSA) is 64.7 Å². The number of thiophene rings is 1. The molecule has 10 aromatic rings. The fourth-order valence-electron chi connectivity index (χ4n) is 6.75. The van der Waals surface area contributed by atoms with Crippen molar-refractivity contribution in [1.29, 1.82) is 0 Å². The van der Waals surface area contributed by atoms with E-state index in [1.165, 1.54) is 15.5 Å². The zero-order chi connectivity index (χ0) is 31.6.